The molecule has 0 radical (unpaired) electrons. The molecule has 0 aliphatic heterocycles. The maximum atomic E-state index is 8.97. The van der Waals surface area contributed by atoms with Gasteiger partial charge in [0.2, 0.25) is 0 Å². The zero-order chi connectivity index (χ0) is 4.50. The fraction of sp³-hybridized carbons (Fsp3) is 0. The molecule has 8 heteroatoms. The van der Waals surface area contributed by atoms with E-state index >= 15 is 0 Å². The Morgan fingerprint density at radius 1 is 1.12 bits per heavy atom. The molecule has 0 amide bonds. The molecule has 0 atom stereocenters. The van der Waals surface area contributed by atoms with Gasteiger partial charge in [0.05, 0.1) is 0 Å². The van der Waals surface area contributed by atoms with Crippen LogP contribution in [0.5, 0.6) is 0 Å². The molecule has 0 aliphatic carbocycles. The van der Waals surface area contributed by atoms with E-state index in [9.17, 15) is 0 Å². The summed E-state index contributed by atoms with van der Waals surface area (Å²) in [5.41, 5.74) is 0. The fourth-order valence-electron chi connectivity index (χ4n) is 0. The van der Waals surface area contributed by atoms with Crippen LogP contribution < -0.4 is 5.14 Å². The van der Waals surface area contributed by atoms with Crippen molar-refractivity contribution in [1.82, 2.24) is 0 Å². The minimum absolute atomic E-state index is 0. The first-order valence-electron chi connectivity index (χ1n) is 0.752. The highest BCUT2D eigenvalue weighted by molar-refractivity contribution is 7.83. The molecule has 0 rings (SSSR count). The summed E-state index contributed by atoms with van der Waals surface area (Å²) in [6.45, 7) is 0. The molecule has 0 spiro atoms. The topological polar surface area (TPSA) is 80.4 Å². The largest absolute Gasteiger partial charge is 0.330 e. The quantitative estimate of drug-likeness (QED) is 0.452. The standard InChI is InChI=1S/3FH.H3NO3S/c;;;1-5(2,3)4/h3*1H;(H3,1,2,3,4). The number of hydrogen-bond donors (Lipinski definition) is 2. The van der Waals surface area contributed by atoms with Crippen LogP contribution in [0.25, 0.3) is 0 Å². The van der Waals surface area contributed by atoms with Gasteiger partial charge in [-0.1, -0.05) is 0 Å². The lowest BCUT2D eigenvalue weighted by atomic mass is 13.9. The van der Waals surface area contributed by atoms with E-state index in [4.69, 9.17) is 13.0 Å². The van der Waals surface area contributed by atoms with Crippen LogP contribution in [0.15, 0.2) is 0 Å². The van der Waals surface area contributed by atoms with Gasteiger partial charge in [0.25, 0.3) is 0 Å². The normalized spacial score (nSPS) is 7.25. The van der Waals surface area contributed by atoms with Gasteiger partial charge in [-0.05, 0) is 0 Å². The predicted molar refractivity (Wildman–Crippen MR) is 23.2 cm³/mol. The van der Waals surface area contributed by atoms with Gasteiger partial charge < -0.3 is 0 Å². The monoisotopic (exact) mass is 157 g/mol. The highest BCUT2D eigenvalue weighted by atomic mass is 32.2. The van der Waals surface area contributed by atoms with Crippen LogP contribution in [-0.4, -0.2) is 13.0 Å². The smallest absolute Gasteiger partial charge is 0.274 e. The Bertz CT molecular complexity index is 97.7. The summed E-state index contributed by atoms with van der Waals surface area (Å²) in [4.78, 5) is 0. The van der Waals surface area contributed by atoms with Crippen LogP contribution in [-0.2, 0) is 10.3 Å². The van der Waals surface area contributed by atoms with Gasteiger partial charge in [0, 0.05) is 0 Å². The van der Waals surface area contributed by atoms with Gasteiger partial charge in [0.1, 0.15) is 0 Å². The average molecular weight is 157 g/mol. The summed E-state index contributed by atoms with van der Waals surface area (Å²) in [5.74, 6) is 0. The molecular formula is H6F3NO3S. The van der Waals surface area contributed by atoms with E-state index in [1.807, 2.05) is 0 Å². The Balaban J connectivity index is -0.0000000267. The van der Waals surface area contributed by atoms with Crippen molar-refractivity contribution in [1.29, 1.82) is 0 Å². The Kier molecular flexibility index (Phi) is 21.1. The van der Waals surface area contributed by atoms with Gasteiger partial charge in [-0.3, -0.25) is 18.7 Å². The molecule has 0 heterocycles. The van der Waals surface area contributed by atoms with Crippen molar-refractivity contribution in [2.45, 2.75) is 0 Å². The lowest BCUT2D eigenvalue weighted by molar-refractivity contribution is 0.485. The zero-order valence-electron chi connectivity index (χ0n) is 3.47. The minimum Gasteiger partial charge on any atom is -0.274 e. The summed E-state index contributed by atoms with van der Waals surface area (Å²) < 4.78 is 25.2. The maximum Gasteiger partial charge on any atom is 0.330 e. The van der Waals surface area contributed by atoms with E-state index in [0.29, 0.717) is 0 Å². The third-order valence-corrected chi connectivity index (χ3v) is 0. The summed E-state index contributed by atoms with van der Waals surface area (Å²) in [6, 6.07) is 0. The first-order chi connectivity index (χ1) is 2.00. The third kappa shape index (κ3) is 1060. The van der Waals surface area contributed by atoms with E-state index in [-0.39, 0.29) is 14.1 Å². The Morgan fingerprint density at radius 3 is 1.12 bits per heavy atom. The number of hydrogen-bond acceptors (Lipinski definition) is 2. The van der Waals surface area contributed by atoms with E-state index in [2.05, 4.69) is 5.14 Å². The van der Waals surface area contributed by atoms with E-state index in [0.717, 1.165) is 0 Å². The lowest BCUT2D eigenvalue weighted by Crippen LogP contribution is -2.08. The fourth-order valence-corrected chi connectivity index (χ4v) is 0. The molecule has 0 unspecified atom stereocenters. The molecule has 0 saturated carbocycles. The molecule has 0 aromatic carbocycles. The zero-order valence-corrected chi connectivity index (χ0v) is 4.29. The van der Waals surface area contributed by atoms with Crippen molar-refractivity contribution < 1.29 is 27.1 Å². The molecule has 0 aromatic rings. The molecule has 0 fully saturated rings. The van der Waals surface area contributed by atoms with Gasteiger partial charge >= 0.3 is 10.3 Å². The SMILES string of the molecule is F.F.F.NS(=O)(=O)O. The predicted octanol–water partition coefficient (Wildman–Crippen LogP) is -0.795. The van der Waals surface area contributed by atoms with E-state index in [1.165, 1.54) is 0 Å². The molecule has 3 N–H and O–H groups in total. The molecule has 0 aromatic heterocycles. The molecule has 8 heavy (non-hydrogen) atoms. The molecule has 0 saturated heterocycles. The maximum absolute atomic E-state index is 8.97. The summed E-state index contributed by atoms with van der Waals surface area (Å²) in [5, 5.41) is 3.88. The molecular weight excluding hydrogens is 151 g/mol. The average Bonchev–Trinajstić information content (AvgIpc) is 0.722. The number of nitrogens with two attached hydrogens (primary N) is 1. The van der Waals surface area contributed by atoms with Crippen molar-refractivity contribution in [3.8, 4) is 0 Å². The van der Waals surface area contributed by atoms with Crippen molar-refractivity contribution in [2.75, 3.05) is 0 Å². The van der Waals surface area contributed by atoms with Crippen LogP contribution >= 0.6 is 0 Å². The van der Waals surface area contributed by atoms with Gasteiger partial charge in [-0.2, -0.15) is 8.42 Å². The van der Waals surface area contributed by atoms with Crippen molar-refractivity contribution in [3.63, 3.8) is 0 Å². The second kappa shape index (κ2) is 6.66. The van der Waals surface area contributed by atoms with Gasteiger partial charge in [-0.25, -0.2) is 5.14 Å². The Labute approximate surface area is 43.7 Å². The minimum atomic E-state index is -4.17. The first kappa shape index (κ1) is 25.4. The molecule has 0 bridgehead atoms. The molecule has 56 valence electrons. The second-order valence-corrected chi connectivity index (χ2v) is 1.54. The van der Waals surface area contributed by atoms with Crippen LogP contribution in [0.1, 0.15) is 0 Å². The first-order valence-corrected chi connectivity index (χ1v) is 2.25. The van der Waals surface area contributed by atoms with E-state index in [1.54, 1.807) is 0 Å². The second-order valence-electron chi connectivity index (χ2n) is 0.515. The number of rotatable bonds is 0. The Hall–Kier alpha value is -0.340. The third-order valence-electron chi connectivity index (χ3n) is 0. The lowest BCUT2D eigenvalue weighted by Gasteiger charge is -1.70. The number of halogens is 3. The van der Waals surface area contributed by atoms with Gasteiger partial charge in [0.15, 0.2) is 0 Å². The van der Waals surface area contributed by atoms with Crippen molar-refractivity contribution >= 4 is 10.3 Å². The van der Waals surface area contributed by atoms with Crippen LogP contribution in [0.2, 0.25) is 0 Å². The van der Waals surface area contributed by atoms with Crippen LogP contribution in [0.3, 0.4) is 0 Å². The van der Waals surface area contributed by atoms with E-state index < -0.39 is 10.3 Å². The molecule has 4 nitrogen and oxygen atoms in total. The van der Waals surface area contributed by atoms with Crippen LogP contribution in [0, 0.1) is 0 Å². The summed E-state index contributed by atoms with van der Waals surface area (Å²) >= 11 is 0. The summed E-state index contributed by atoms with van der Waals surface area (Å²) in [7, 11) is -4.17. The highest BCUT2D eigenvalue weighted by Gasteiger charge is 1.81. The summed E-state index contributed by atoms with van der Waals surface area (Å²) in [6.07, 6.45) is 0. The Morgan fingerprint density at radius 2 is 1.12 bits per heavy atom. The van der Waals surface area contributed by atoms with Crippen LogP contribution in [0.4, 0.5) is 14.1 Å². The van der Waals surface area contributed by atoms with Gasteiger partial charge in [-0.15, -0.1) is 0 Å². The van der Waals surface area contributed by atoms with Crippen molar-refractivity contribution in [3.05, 3.63) is 0 Å². The molecule has 0 aliphatic rings. The highest BCUT2D eigenvalue weighted by Crippen LogP contribution is 1.50. The van der Waals surface area contributed by atoms with Crippen molar-refractivity contribution in [2.24, 2.45) is 5.14 Å².